The first-order valence-corrected chi connectivity index (χ1v) is 6.90. The molecule has 0 spiro atoms. The van der Waals surface area contributed by atoms with Crippen molar-refractivity contribution < 1.29 is 9.53 Å². The zero-order chi connectivity index (χ0) is 12.0. The van der Waals surface area contributed by atoms with Gasteiger partial charge in [-0.15, -0.1) is 0 Å². The summed E-state index contributed by atoms with van der Waals surface area (Å²) in [6, 6.07) is 0. The van der Waals surface area contributed by atoms with Crippen LogP contribution in [0.3, 0.4) is 0 Å². The first-order valence-electron chi connectivity index (χ1n) is 6.90. The standard InChI is InChI=1S/C14H26O2/c1-4-9-12(5-2)13(15)16-14(6-3)10-7-8-11-14/h12H,4-11H2,1-3H3. The predicted octanol–water partition coefficient (Wildman–Crippen LogP) is 4.08. The summed E-state index contributed by atoms with van der Waals surface area (Å²) in [7, 11) is 0. The molecule has 0 heterocycles. The molecule has 0 aliphatic heterocycles. The number of ether oxygens (including phenoxy) is 1. The summed E-state index contributed by atoms with van der Waals surface area (Å²) < 4.78 is 5.81. The van der Waals surface area contributed by atoms with Crippen LogP contribution >= 0.6 is 0 Å². The molecule has 1 atom stereocenters. The maximum atomic E-state index is 12.1. The third kappa shape index (κ3) is 3.23. The molecule has 0 saturated heterocycles. The minimum absolute atomic E-state index is 0.0492. The molecule has 1 fully saturated rings. The van der Waals surface area contributed by atoms with Crippen LogP contribution in [0.4, 0.5) is 0 Å². The second-order valence-corrected chi connectivity index (χ2v) is 5.06. The molecule has 0 aromatic carbocycles. The Morgan fingerprint density at radius 1 is 1.25 bits per heavy atom. The molecule has 0 amide bonds. The van der Waals surface area contributed by atoms with E-state index in [2.05, 4.69) is 20.8 Å². The van der Waals surface area contributed by atoms with Crippen LogP contribution in [0.15, 0.2) is 0 Å². The smallest absolute Gasteiger partial charge is 0.309 e. The van der Waals surface area contributed by atoms with Crippen molar-refractivity contribution in [3.63, 3.8) is 0 Å². The van der Waals surface area contributed by atoms with E-state index in [1.165, 1.54) is 12.8 Å². The van der Waals surface area contributed by atoms with Crippen LogP contribution in [-0.4, -0.2) is 11.6 Å². The van der Waals surface area contributed by atoms with Gasteiger partial charge in [0, 0.05) is 0 Å². The number of esters is 1. The van der Waals surface area contributed by atoms with Crippen LogP contribution in [0.2, 0.25) is 0 Å². The summed E-state index contributed by atoms with van der Waals surface area (Å²) in [5.74, 6) is 0.169. The van der Waals surface area contributed by atoms with Gasteiger partial charge in [-0.25, -0.2) is 0 Å². The molecule has 0 radical (unpaired) electrons. The molecule has 0 N–H and O–H groups in total. The van der Waals surface area contributed by atoms with Crippen LogP contribution in [0, 0.1) is 5.92 Å². The van der Waals surface area contributed by atoms with Gasteiger partial charge in [-0.2, -0.15) is 0 Å². The summed E-state index contributed by atoms with van der Waals surface area (Å²) in [5.41, 5.74) is -0.113. The van der Waals surface area contributed by atoms with E-state index in [-0.39, 0.29) is 17.5 Å². The zero-order valence-corrected chi connectivity index (χ0v) is 11.1. The molecule has 1 aliphatic rings. The lowest BCUT2D eigenvalue weighted by Gasteiger charge is -2.29. The van der Waals surface area contributed by atoms with Crippen molar-refractivity contribution in [2.24, 2.45) is 5.92 Å². The van der Waals surface area contributed by atoms with E-state index in [9.17, 15) is 4.79 Å². The van der Waals surface area contributed by atoms with E-state index in [0.717, 1.165) is 38.5 Å². The van der Waals surface area contributed by atoms with Gasteiger partial charge >= 0.3 is 5.97 Å². The number of carbonyl (C=O) groups is 1. The highest BCUT2D eigenvalue weighted by Crippen LogP contribution is 2.37. The van der Waals surface area contributed by atoms with Gasteiger partial charge in [0.2, 0.25) is 0 Å². The Hall–Kier alpha value is -0.530. The maximum Gasteiger partial charge on any atom is 0.309 e. The Morgan fingerprint density at radius 2 is 1.88 bits per heavy atom. The van der Waals surface area contributed by atoms with Gasteiger partial charge in [-0.05, 0) is 44.9 Å². The molecule has 94 valence electrons. The molecular weight excluding hydrogens is 200 g/mol. The highest BCUT2D eigenvalue weighted by molar-refractivity contribution is 5.72. The van der Waals surface area contributed by atoms with Crippen LogP contribution in [0.1, 0.15) is 72.1 Å². The van der Waals surface area contributed by atoms with E-state index < -0.39 is 0 Å². The second-order valence-electron chi connectivity index (χ2n) is 5.06. The lowest BCUT2D eigenvalue weighted by Crippen LogP contribution is -2.34. The molecule has 0 bridgehead atoms. The first-order chi connectivity index (χ1) is 7.67. The van der Waals surface area contributed by atoms with E-state index >= 15 is 0 Å². The highest BCUT2D eigenvalue weighted by atomic mass is 16.6. The first kappa shape index (κ1) is 13.5. The van der Waals surface area contributed by atoms with Crippen molar-refractivity contribution in [3.8, 4) is 0 Å². The van der Waals surface area contributed by atoms with Crippen molar-refractivity contribution >= 4 is 5.97 Å². The summed E-state index contributed by atoms with van der Waals surface area (Å²) in [5, 5.41) is 0. The van der Waals surface area contributed by atoms with Crippen molar-refractivity contribution in [1.29, 1.82) is 0 Å². The van der Waals surface area contributed by atoms with Crippen molar-refractivity contribution in [2.75, 3.05) is 0 Å². The molecule has 0 aromatic rings. The van der Waals surface area contributed by atoms with Gasteiger partial charge in [0.1, 0.15) is 5.60 Å². The fraction of sp³-hybridized carbons (Fsp3) is 0.929. The zero-order valence-electron chi connectivity index (χ0n) is 11.1. The van der Waals surface area contributed by atoms with E-state index in [1.54, 1.807) is 0 Å². The number of carbonyl (C=O) groups excluding carboxylic acids is 1. The molecule has 16 heavy (non-hydrogen) atoms. The largest absolute Gasteiger partial charge is 0.459 e. The van der Waals surface area contributed by atoms with E-state index in [4.69, 9.17) is 4.74 Å². The Labute approximate surface area is 99.8 Å². The summed E-state index contributed by atoms with van der Waals surface area (Å²) in [6.45, 7) is 6.34. The maximum absolute atomic E-state index is 12.1. The SMILES string of the molecule is CCCC(CC)C(=O)OC1(CC)CCCC1. The van der Waals surface area contributed by atoms with Gasteiger partial charge < -0.3 is 4.74 Å². The fourth-order valence-corrected chi connectivity index (χ4v) is 2.68. The predicted molar refractivity (Wildman–Crippen MR) is 66.3 cm³/mol. The average Bonchev–Trinajstić information content (AvgIpc) is 2.75. The van der Waals surface area contributed by atoms with E-state index in [1.807, 2.05) is 0 Å². The Kier molecular flexibility index (Phi) is 5.30. The molecule has 1 unspecified atom stereocenters. The summed E-state index contributed by atoms with van der Waals surface area (Å²) >= 11 is 0. The topological polar surface area (TPSA) is 26.3 Å². The third-order valence-electron chi connectivity index (χ3n) is 3.94. The normalized spacial score (nSPS) is 20.7. The van der Waals surface area contributed by atoms with Gasteiger partial charge in [-0.3, -0.25) is 4.79 Å². The number of rotatable bonds is 6. The highest BCUT2D eigenvalue weighted by Gasteiger charge is 2.37. The Bertz CT molecular complexity index is 217. The van der Waals surface area contributed by atoms with Gasteiger partial charge in [-0.1, -0.05) is 27.2 Å². The molecule has 1 saturated carbocycles. The lowest BCUT2D eigenvalue weighted by atomic mass is 9.96. The number of hydrogen-bond acceptors (Lipinski definition) is 2. The summed E-state index contributed by atoms with van der Waals surface area (Å²) in [6.07, 6.45) is 8.47. The van der Waals surface area contributed by atoms with E-state index in [0.29, 0.717) is 0 Å². The Balaban J connectivity index is 2.53. The van der Waals surface area contributed by atoms with Crippen molar-refractivity contribution in [2.45, 2.75) is 77.7 Å². The van der Waals surface area contributed by atoms with Crippen molar-refractivity contribution in [3.05, 3.63) is 0 Å². The van der Waals surface area contributed by atoms with Crippen LogP contribution in [0.5, 0.6) is 0 Å². The quantitative estimate of drug-likeness (QED) is 0.638. The second kappa shape index (κ2) is 6.27. The van der Waals surface area contributed by atoms with Gasteiger partial charge in [0.05, 0.1) is 5.92 Å². The third-order valence-corrected chi connectivity index (χ3v) is 3.94. The minimum Gasteiger partial charge on any atom is -0.459 e. The van der Waals surface area contributed by atoms with Crippen LogP contribution < -0.4 is 0 Å². The Morgan fingerprint density at radius 3 is 2.31 bits per heavy atom. The van der Waals surface area contributed by atoms with Gasteiger partial charge in [0.15, 0.2) is 0 Å². The molecular formula is C14H26O2. The fourth-order valence-electron chi connectivity index (χ4n) is 2.68. The van der Waals surface area contributed by atoms with Crippen LogP contribution in [-0.2, 0) is 9.53 Å². The molecule has 2 heteroatoms. The van der Waals surface area contributed by atoms with Gasteiger partial charge in [0.25, 0.3) is 0 Å². The molecule has 2 nitrogen and oxygen atoms in total. The molecule has 1 aliphatic carbocycles. The van der Waals surface area contributed by atoms with Crippen molar-refractivity contribution in [1.82, 2.24) is 0 Å². The monoisotopic (exact) mass is 226 g/mol. The minimum atomic E-state index is -0.113. The molecule has 0 aromatic heterocycles. The molecule has 1 rings (SSSR count). The average molecular weight is 226 g/mol. The number of hydrogen-bond donors (Lipinski definition) is 0. The summed E-state index contributed by atoms with van der Waals surface area (Å²) in [4.78, 5) is 12.1. The van der Waals surface area contributed by atoms with Crippen LogP contribution in [0.25, 0.3) is 0 Å². The lowest BCUT2D eigenvalue weighted by molar-refractivity contribution is -0.165.